The largest absolute Gasteiger partial charge is 2.00 e. The second-order valence-electron chi connectivity index (χ2n) is 13.3. The maximum Gasteiger partial charge on any atom is 2.00 e. The van der Waals surface area contributed by atoms with Crippen molar-refractivity contribution in [3.05, 3.63) is 0 Å². The van der Waals surface area contributed by atoms with Gasteiger partial charge in [0, 0.05) is 0 Å². The smallest absolute Gasteiger partial charge is 0.328 e. The summed E-state index contributed by atoms with van der Waals surface area (Å²) in [6, 6.07) is 0. The molecule has 0 aliphatic carbocycles. The van der Waals surface area contributed by atoms with Crippen LogP contribution < -0.4 is 0 Å². The maximum absolute atomic E-state index is 2.47. The number of unbranched alkanes of at least 4 members (excludes halogenated alkanes) is 28. The molecule has 0 fully saturated rings. The average Bonchev–Trinajstić information content (AvgIpc) is 2.88. The predicted molar refractivity (Wildman–Crippen MR) is 172 cm³/mol. The first-order chi connectivity index (χ1) is 18.1. The van der Waals surface area contributed by atoms with Gasteiger partial charge in [-0.3, -0.25) is 0 Å². The van der Waals surface area contributed by atoms with Crippen LogP contribution >= 0.6 is 0 Å². The Kier molecular flexibility index (Phi) is 36.0. The number of quaternary nitrogens is 1. The molecule has 0 aromatic rings. The average molecular weight is 587 g/mol. The Labute approximate surface area is 254 Å². The quantitative estimate of drug-likeness (QED) is 0.0418. The molecular formula is C36H76CuN+3. The van der Waals surface area contributed by atoms with Crippen molar-refractivity contribution in [2.75, 3.05) is 27.2 Å². The molecule has 0 saturated carbocycles. The van der Waals surface area contributed by atoms with E-state index in [-0.39, 0.29) is 17.1 Å². The number of rotatable bonds is 32. The standard InChI is InChI=1S/C36H76N.Cu/c1-5-7-9-11-13-15-17-19-21-23-25-27-29-31-33-35-37(3,4)36-34-32-30-28-26-24-22-20-18-16-14-12-10-8-6-2;/h5-36H2,1-4H3;/q+1;+2. The topological polar surface area (TPSA) is 0 Å². The Morgan fingerprint density at radius 1 is 0.263 bits per heavy atom. The van der Waals surface area contributed by atoms with Crippen LogP contribution in [0.4, 0.5) is 0 Å². The van der Waals surface area contributed by atoms with Crippen LogP contribution in [-0.4, -0.2) is 31.7 Å². The van der Waals surface area contributed by atoms with Gasteiger partial charge in [-0.2, -0.15) is 0 Å². The second kappa shape index (κ2) is 33.7. The van der Waals surface area contributed by atoms with E-state index in [0.717, 1.165) is 0 Å². The Morgan fingerprint density at radius 2 is 0.421 bits per heavy atom. The predicted octanol–water partition coefficient (Wildman–Crippen LogP) is 12.8. The van der Waals surface area contributed by atoms with Crippen LogP contribution in [0.3, 0.4) is 0 Å². The van der Waals surface area contributed by atoms with E-state index in [0.29, 0.717) is 0 Å². The zero-order valence-corrected chi connectivity index (χ0v) is 28.3. The molecule has 0 rings (SSSR count). The van der Waals surface area contributed by atoms with Crippen LogP contribution in [0, 0.1) is 0 Å². The van der Waals surface area contributed by atoms with E-state index >= 15 is 0 Å². The molecule has 38 heavy (non-hydrogen) atoms. The summed E-state index contributed by atoms with van der Waals surface area (Å²) in [5.74, 6) is 0. The van der Waals surface area contributed by atoms with Gasteiger partial charge in [0.15, 0.2) is 0 Å². The molecule has 0 spiro atoms. The zero-order valence-electron chi connectivity index (χ0n) is 27.4. The van der Waals surface area contributed by atoms with E-state index in [9.17, 15) is 0 Å². The molecule has 0 aromatic heterocycles. The zero-order chi connectivity index (χ0) is 27.1. The van der Waals surface area contributed by atoms with Crippen molar-refractivity contribution in [1.29, 1.82) is 0 Å². The van der Waals surface area contributed by atoms with Gasteiger partial charge in [-0.05, 0) is 25.7 Å². The summed E-state index contributed by atoms with van der Waals surface area (Å²) < 4.78 is 1.25. The minimum absolute atomic E-state index is 0. The summed E-state index contributed by atoms with van der Waals surface area (Å²) >= 11 is 0. The van der Waals surface area contributed by atoms with Crippen LogP contribution in [0.15, 0.2) is 0 Å². The molecule has 2 heteroatoms. The van der Waals surface area contributed by atoms with Gasteiger partial charge in [0.1, 0.15) is 0 Å². The summed E-state index contributed by atoms with van der Waals surface area (Å²) in [5.41, 5.74) is 0. The fourth-order valence-corrected chi connectivity index (χ4v) is 5.93. The molecule has 1 radical (unpaired) electrons. The van der Waals surface area contributed by atoms with Crippen LogP contribution in [0.5, 0.6) is 0 Å². The Bertz CT molecular complexity index is 372. The summed E-state index contributed by atoms with van der Waals surface area (Å²) in [6.45, 7) is 7.39. The normalized spacial score (nSPS) is 11.7. The fraction of sp³-hybridized carbons (Fsp3) is 1.00. The molecule has 0 saturated heterocycles. The third kappa shape index (κ3) is 34.5. The molecule has 0 aliphatic heterocycles. The molecule has 0 heterocycles. The van der Waals surface area contributed by atoms with Gasteiger partial charge in [-0.25, -0.2) is 0 Å². The molecule has 0 aromatic carbocycles. The second-order valence-corrected chi connectivity index (χ2v) is 13.3. The first-order valence-corrected chi connectivity index (χ1v) is 17.9. The Morgan fingerprint density at radius 3 is 0.605 bits per heavy atom. The number of nitrogens with zero attached hydrogens (tertiary/aromatic N) is 1. The van der Waals surface area contributed by atoms with E-state index in [1.54, 1.807) is 0 Å². The Hall–Kier alpha value is 0.479. The first-order valence-electron chi connectivity index (χ1n) is 17.9. The fourth-order valence-electron chi connectivity index (χ4n) is 5.93. The molecular weight excluding hydrogens is 510 g/mol. The molecule has 0 atom stereocenters. The Balaban J connectivity index is 0. The molecule has 0 amide bonds. The van der Waals surface area contributed by atoms with Gasteiger partial charge >= 0.3 is 17.1 Å². The molecule has 0 bridgehead atoms. The van der Waals surface area contributed by atoms with Gasteiger partial charge in [-0.1, -0.05) is 181 Å². The van der Waals surface area contributed by atoms with Crippen LogP contribution in [0.25, 0.3) is 0 Å². The monoisotopic (exact) mass is 586 g/mol. The van der Waals surface area contributed by atoms with Crippen molar-refractivity contribution in [2.24, 2.45) is 0 Å². The van der Waals surface area contributed by atoms with Crippen molar-refractivity contribution < 1.29 is 21.6 Å². The van der Waals surface area contributed by atoms with Crippen molar-refractivity contribution in [1.82, 2.24) is 0 Å². The van der Waals surface area contributed by atoms with E-state index in [4.69, 9.17) is 0 Å². The van der Waals surface area contributed by atoms with Gasteiger partial charge in [-0.15, -0.1) is 0 Å². The number of hydrogen-bond acceptors (Lipinski definition) is 0. The maximum atomic E-state index is 2.47. The summed E-state index contributed by atoms with van der Waals surface area (Å²) in [7, 11) is 4.93. The summed E-state index contributed by atoms with van der Waals surface area (Å²) in [6.07, 6.45) is 43.9. The minimum Gasteiger partial charge on any atom is -0.328 e. The van der Waals surface area contributed by atoms with E-state index in [1.165, 1.54) is 210 Å². The van der Waals surface area contributed by atoms with E-state index in [1.807, 2.05) is 0 Å². The van der Waals surface area contributed by atoms with Gasteiger partial charge in [0.2, 0.25) is 0 Å². The third-order valence-electron chi connectivity index (χ3n) is 8.73. The first kappa shape index (κ1) is 40.6. The van der Waals surface area contributed by atoms with Gasteiger partial charge in [0.25, 0.3) is 0 Å². The number of hydrogen-bond donors (Lipinski definition) is 0. The van der Waals surface area contributed by atoms with Gasteiger partial charge < -0.3 is 4.48 Å². The molecule has 233 valence electrons. The SMILES string of the molecule is CCCCCCCCCCCCCCCCC[N+](C)(C)CCCCCCCCCCCCCCCCC.[Cu+2]. The van der Waals surface area contributed by atoms with Crippen LogP contribution in [-0.2, 0) is 17.1 Å². The molecule has 0 aliphatic rings. The van der Waals surface area contributed by atoms with Crippen molar-refractivity contribution in [2.45, 2.75) is 206 Å². The summed E-state index contributed by atoms with van der Waals surface area (Å²) in [4.78, 5) is 0. The third-order valence-corrected chi connectivity index (χ3v) is 8.73. The van der Waals surface area contributed by atoms with Crippen molar-refractivity contribution in [3.8, 4) is 0 Å². The van der Waals surface area contributed by atoms with Crippen molar-refractivity contribution >= 4 is 0 Å². The molecule has 1 nitrogen and oxygen atoms in total. The van der Waals surface area contributed by atoms with Crippen LogP contribution in [0.2, 0.25) is 0 Å². The molecule has 0 unspecified atom stereocenters. The van der Waals surface area contributed by atoms with Crippen molar-refractivity contribution in [3.63, 3.8) is 0 Å². The summed E-state index contributed by atoms with van der Waals surface area (Å²) in [5, 5.41) is 0. The van der Waals surface area contributed by atoms with Crippen LogP contribution in [0.1, 0.15) is 206 Å². The van der Waals surface area contributed by atoms with Gasteiger partial charge in [0.05, 0.1) is 27.2 Å². The minimum atomic E-state index is 0. The van der Waals surface area contributed by atoms with E-state index in [2.05, 4.69) is 27.9 Å². The molecule has 0 N–H and O–H groups in total. The van der Waals surface area contributed by atoms with E-state index < -0.39 is 0 Å².